The maximum absolute atomic E-state index is 11.2. The van der Waals surface area contributed by atoms with Crippen LogP contribution in [0.15, 0.2) is 30.7 Å². The fraction of sp³-hybridized carbons (Fsp3) is 0.182. The topological polar surface area (TPSA) is 84.3 Å². The first kappa shape index (κ1) is 12.7. The molecule has 1 aromatic heterocycles. The maximum Gasteiger partial charge on any atom is 0.415 e. The summed E-state index contributed by atoms with van der Waals surface area (Å²) in [5.41, 5.74) is 0.321. The van der Waals surface area contributed by atoms with E-state index >= 15 is 0 Å². The number of pyridine rings is 1. The molecule has 6 heteroatoms. The average Bonchev–Trinajstić information content (AvgIpc) is 2.29. The lowest BCUT2D eigenvalue weighted by molar-refractivity contribution is 0.0231. The summed E-state index contributed by atoms with van der Waals surface area (Å²) in [5.74, 6) is 0.285. The molecule has 0 spiro atoms. The molecule has 6 nitrogen and oxygen atoms in total. The summed E-state index contributed by atoms with van der Waals surface area (Å²) in [5, 5.41) is 9.74. The van der Waals surface area contributed by atoms with E-state index in [1.807, 2.05) is 0 Å². The van der Waals surface area contributed by atoms with Crippen molar-refractivity contribution < 1.29 is 14.3 Å². The Morgan fingerprint density at radius 3 is 3.00 bits per heavy atom. The number of rotatable bonds is 4. The average molecular weight is 234 g/mol. The number of allylic oxidation sites excluding steroid dienone is 1. The van der Waals surface area contributed by atoms with Crippen molar-refractivity contribution in [3.05, 3.63) is 42.4 Å². The molecule has 1 radical (unpaired) electrons. The first-order valence-electron chi connectivity index (χ1n) is 4.72. The van der Waals surface area contributed by atoms with Crippen LogP contribution in [0.3, 0.4) is 0 Å². The van der Waals surface area contributed by atoms with Gasteiger partial charge in [0.2, 0.25) is 6.79 Å². The van der Waals surface area contributed by atoms with Gasteiger partial charge in [-0.25, -0.2) is 4.79 Å². The zero-order valence-electron chi connectivity index (χ0n) is 9.32. The smallest absolute Gasteiger partial charge is 0.415 e. The molecular formula is C11H12N3O3. The minimum atomic E-state index is -0.786. The first-order valence-corrected chi connectivity index (χ1v) is 4.72. The molecule has 0 aliphatic heterocycles. The van der Waals surface area contributed by atoms with E-state index < -0.39 is 6.09 Å². The van der Waals surface area contributed by atoms with E-state index in [2.05, 4.69) is 27.7 Å². The number of hydrogen-bond donors (Lipinski definition) is 2. The number of alkyl carbamates (subject to hydrolysis) is 1. The van der Waals surface area contributed by atoms with Gasteiger partial charge < -0.3 is 9.47 Å². The fourth-order valence-electron chi connectivity index (χ4n) is 0.854. The third-order valence-corrected chi connectivity index (χ3v) is 1.59. The molecule has 0 aliphatic rings. The molecule has 0 fully saturated rings. The van der Waals surface area contributed by atoms with Gasteiger partial charge in [-0.15, -0.1) is 0 Å². The largest absolute Gasteiger partial charge is 0.463 e. The number of ether oxygens (including phenoxy) is 2. The Morgan fingerprint density at radius 1 is 1.65 bits per heavy atom. The molecule has 0 saturated carbocycles. The van der Waals surface area contributed by atoms with Crippen molar-refractivity contribution in [2.45, 2.75) is 6.92 Å². The number of nitrogens with zero attached hydrogens (tertiary/aromatic N) is 1. The van der Waals surface area contributed by atoms with E-state index in [0.29, 0.717) is 11.5 Å². The van der Waals surface area contributed by atoms with Crippen LogP contribution in [0.5, 0.6) is 0 Å². The van der Waals surface area contributed by atoms with Gasteiger partial charge in [0, 0.05) is 12.3 Å². The molecule has 0 aliphatic carbocycles. The van der Waals surface area contributed by atoms with E-state index in [4.69, 9.17) is 10.1 Å². The summed E-state index contributed by atoms with van der Waals surface area (Å²) in [6, 6.07) is 5.85. The van der Waals surface area contributed by atoms with Gasteiger partial charge in [-0.05, 0) is 13.0 Å². The highest BCUT2D eigenvalue weighted by atomic mass is 16.7. The first-order chi connectivity index (χ1) is 8.09. The molecule has 0 saturated heterocycles. The molecule has 17 heavy (non-hydrogen) atoms. The van der Waals surface area contributed by atoms with Crippen molar-refractivity contribution >= 4 is 11.9 Å². The highest BCUT2D eigenvalue weighted by Crippen LogP contribution is 1.94. The Hall–Kier alpha value is -2.37. The maximum atomic E-state index is 11.2. The van der Waals surface area contributed by atoms with Gasteiger partial charge in [0.05, 0.1) is 5.76 Å². The number of aromatic nitrogens is 1. The third kappa shape index (κ3) is 4.78. The van der Waals surface area contributed by atoms with Gasteiger partial charge in [-0.3, -0.25) is 15.7 Å². The summed E-state index contributed by atoms with van der Waals surface area (Å²) in [6.45, 7) is 4.86. The molecule has 1 amide bonds. The van der Waals surface area contributed by atoms with E-state index in [-0.39, 0.29) is 12.6 Å². The van der Waals surface area contributed by atoms with Crippen LogP contribution in [0.4, 0.5) is 4.79 Å². The minimum absolute atomic E-state index is 0.153. The van der Waals surface area contributed by atoms with Crippen molar-refractivity contribution in [2.75, 3.05) is 6.79 Å². The summed E-state index contributed by atoms with van der Waals surface area (Å²) >= 11 is 0. The van der Waals surface area contributed by atoms with Gasteiger partial charge in [-0.2, -0.15) is 0 Å². The Kier molecular flexibility index (Phi) is 4.68. The van der Waals surface area contributed by atoms with Crippen molar-refractivity contribution in [3.63, 3.8) is 0 Å². The van der Waals surface area contributed by atoms with Gasteiger partial charge in [0.1, 0.15) is 5.69 Å². The highest BCUT2D eigenvalue weighted by molar-refractivity contribution is 6.03. The lowest BCUT2D eigenvalue weighted by Crippen LogP contribution is -2.32. The number of nitrogens with one attached hydrogen (secondary N) is 2. The normalized spacial score (nSPS) is 9.24. The lowest BCUT2D eigenvalue weighted by Gasteiger charge is -2.08. The van der Waals surface area contributed by atoms with Crippen LogP contribution >= 0.6 is 0 Å². The molecule has 0 aromatic carbocycles. The van der Waals surface area contributed by atoms with Crippen molar-refractivity contribution in [1.82, 2.24) is 10.3 Å². The molecule has 0 unspecified atom stereocenters. The fourth-order valence-corrected chi connectivity index (χ4v) is 0.854. The van der Waals surface area contributed by atoms with Gasteiger partial charge in [-0.1, -0.05) is 12.6 Å². The van der Waals surface area contributed by atoms with E-state index in [1.165, 1.54) is 6.20 Å². The second-order valence-electron chi connectivity index (χ2n) is 3.04. The summed E-state index contributed by atoms with van der Waals surface area (Å²) < 4.78 is 9.47. The Bertz CT molecular complexity index is 417. The molecule has 89 valence electrons. The van der Waals surface area contributed by atoms with Gasteiger partial charge >= 0.3 is 6.09 Å². The number of carbonyl (C=O) groups excluding carboxylic acids is 1. The Balaban J connectivity index is 2.36. The molecular weight excluding hydrogens is 222 g/mol. The molecule has 0 atom stereocenters. The second-order valence-corrected chi connectivity index (χ2v) is 3.04. The van der Waals surface area contributed by atoms with Crippen LogP contribution in [-0.2, 0) is 9.47 Å². The van der Waals surface area contributed by atoms with Gasteiger partial charge in [0.25, 0.3) is 0 Å². The summed E-state index contributed by atoms with van der Waals surface area (Å²) in [7, 11) is 0. The number of amidine groups is 1. The van der Waals surface area contributed by atoms with Crippen LogP contribution < -0.4 is 5.32 Å². The predicted octanol–water partition coefficient (Wildman–Crippen LogP) is 1.44. The Labute approximate surface area is 98.8 Å². The van der Waals surface area contributed by atoms with Crippen molar-refractivity contribution in [1.29, 1.82) is 5.41 Å². The van der Waals surface area contributed by atoms with Crippen molar-refractivity contribution in [2.24, 2.45) is 0 Å². The molecule has 1 rings (SSSR count). The summed E-state index contributed by atoms with van der Waals surface area (Å²) in [6.07, 6.45) is 0.618. The van der Waals surface area contributed by atoms with Crippen LogP contribution in [-0.4, -0.2) is 23.7 Å². The predicted molar refractivity (Wildman–Crippen MR) is 60.3 cm³/mol. The minimum Gasteiger partial charge on any atom is -0.463 e. The monoisotopic (exact) mass is 234 g/mol. The molecule has 1 heterocycles. The van der Waals surface area contributed by atoms with Crippen molar-refractivity contribution in [3.8, 4) is 0 Å². The quantitative estimate of drug-likeness (QED) is 0.357. The standard InChI is InChI=1S/C11H12N3O3/c1-8(2)16-7-17-11(15)14-10(12)9-5-3-4-6-13-9/h3,5-6H,1,7H2,2H3,(H2,12,14,15). The molecule has 0 bridgehead atoms. The Morgan fingerprint density at radius 2 is 2.41 bits per heavy atom. The van der Waals surface area contributed by atoms with Crippen LogP contribution in [0.1, 0.15) is 12.6 Å². The van der Waals surface area contributed by atoms with E-state index in [1.54, 1.807) is 19.1 Å². The zero-order chi connectivity index (χ0) is 12.7. The molecule has 2 N–H and O–H groups in total. The number of hydrogen-bond acceptors (Lipinski definition) is 5. The number of amides is 1. The SMILES string of the molecule is C=C(C)OCOC(=O)NC(=N)c1cc[c]cn1. The second kappa shape index (κ2) is 6.26. The summed E-state index contributed by atoms with van der Waals surface area (Å²) in [4.78, 5) is 15.0. The number of carbonyl (C=O) groups is 1. The molecule has 1 aromatic rings. The van der Waals surface area contributed by atoms with Crippen LogP contribution in [0, 0.1) is 11.5 Å². The van der Waals surface area contributed by atoms with Crippen LogP contribution in [0.25, 0.3) is 0 Å². The zero-order valence-corrected chi connectivity index (χ0v) is 9.32. The lowest BCUT2D eigenvalue weighted by atomic mass is 10.3. The highest BCUT2D eigenvalue weighted by Gasteiger charge is 2.08. The van der Waals surface area contributed by atoms with E-state index in [0.717, 1.165) is 0 Å². The van der Waals surface area contributed by atoms with E-state index in [9.17, 15) is 4.79 Å². The third-order valence-electron chi connectivity index (χ3n) is 1.59. The van der Waals surface area contributed by atoms with Crippen LogP contribution in [0.2, 0.25) is 0 Å². The van der Waals surface area contributed by atoms with Gasteiger partial charge in [0.15, 0.2) is 5.84 Å².